The van der Waals surface area contributed by atoms with Crippen molar-refractivity contribution in [2.45, 2.75) is 0 Å². The lowest BCUT2D eigenvalue weighted by atomic mass is 9.93. The molecule has 0 saturated heterocycles. The number of furan rings is 1. The van der Waals surface area contributed by atoms with Gasteiger partial charge in [0.25, 0.3) is 0 Å². The molecule has 0 bridgehead atoms. The van der Waals surface area contributed by atoms with E-state index in [4.69, 9.17) is 4.42 Å². The number of fused-ring (bicyclic) bond motifs is 7. The molecule has 0 aliphatic rings. The summed E-state index contributed by atoms with van der Waals surface area (Å²) >= 11 is 0. The number of benzene rings is 10. The van der Waals surface area contributed by atoms with E-state index in [-0.39, 0.29) is 0 Å². The van der Waals surface area contributed by atoms with Crippen molar-refractivity contribution < 1.29 is 4.42 Å². The number of hydrogen-bond donors (Lipinski definition) is 0. The van der Waals surface area contributed by atoms with Gasteiger partial charge in [-0.25, -0.2) is 0 Å². The van der Waals surface area contributed by atoms with E-state index in [1.165, 1.54) is 54.6 Å². The lowest BCUT2D eigenvalue weighted by molar-refractivity contribution is 0.669. The molecule has 11 rings (SSSR count). The third-order valence-corrected chi connectivity index (χ3v) is 11.2. The van der Waals surface area contributed by atoms with Gasteiger partial charge in [-0.15, -0.1) is 0 Å². The Morgan fingerprint density at radius 1 is 0.286 bits per heavy atom. The van der Waals surface area contributed by atoms with Crippen molar-refractivity contribution in [3.05, 3.63) is 212 Å². The lowest BCUT2D eigenvalue weighted by Gasteiger charge is -2.26. The summed E-state index contributed by atoms with van der Waals surface area (Å²) in [5, 5.41) is 9.82. The maximum absolute atomic E-state index is 6.24. The van der Waals surface area contributed by atoms with Gasteiger partial charge in [0, 0.05) is 27.8 Å². The van der Waals surface area contributed by atoms with E-state index in [2.05, 4.69) is 205 Å². The highest BCUT2D eigenvalue weighted by atomic mass is 16.3. The van der Waals surface area contributed by atoms with Crippen molar-refractivity contribution >= 4 is 71.3 Å². The number of nitrogens with zero attached hydrogens (tertiary/aromatic N) is 1. The fourth-order valence-corrected chi connectivity index (χ4v) is 8.63. The smallest absolute Gasteiger partial charge is 0.136 e. The minimum absolute atomic E-state index is 0.902. The van der Waals surface area contributed by atoms with Crippen LogP contribution in [0.2, 0.25) is 0 Å². The van der Waals surface area contributed by atoms with E-state index in [0.717, 1.165) is 50.1 Å². The summed E-state index contributed by atoms with van der Waals surface area (Å²) in [7, 11) is 0. The van der Waals surface area contributed by atoms with Crippen molar-refractivity contribution in [3.8, 4) is 33.4 Å². The Morgan fingerprint density at radius 2 is 0.839 bits per heavy atom. The van der Waals surface area contributed by atoms with Crippen LogP contribution in [0.1, 0.15) is 0 Å². The van der Waals surface area contributed by atoms with E-state index in [9.17, 15) is 0 Å². The molecular weight excluding hydrogens is 679 g/mol. The Kier molecular flexibility index (Phi) is 7.53. The first-order chi connectivity index (χ1) is 27.8. The predicted octanol–water partition coefficient (Wildman–Crippen LogP) is 15.5. The van der Waals surface area contributed by atoms with Gasteiger partial charge in [-0.1, -0.05) is 158 Å². The SMILES string of the molecule is c1cc(-c2cccc3ccccc23)cc(N(c2ccc(-c3cc4ccccc4c4ccccc34)cc2)c2ccc(-c3cccc4oc5ccccc5c34)cc2)c1. The van der Waals surface area contributed by atoms with Crippen LogP contribution in [-0.4, -0.2) is 0 Å². The van der Waals surface area contributed by atoms with Crippen molar-refractivity contribution in [2.24, 2.45) is 0 Å². The molecule has 0 unspecified atom stereocenters. The predicted molar refractivity (Wildman–Crippen MR) is 237 cm³/mol. The maximum atomic E-state index is 6.24. The minimum atomic E-state index is 0.902. The van der Waals surface area contributed by atoms with Crippen LogP contribution in [0.15, 0.2) is 217 Å². The van der Waals surface area contributed by atoms with Gasteiger partial charge in [0.05, 0.1) is 0 Å². The van der Waals surface area contributed by atoms with Gasteiger partial charge >= 0.3 is 0 Å². The van der Waals surface area contributed by atoms with Crippen LogP contribution in [-0.2, 0) is 0 Å². The molecule has 262 valence electrons. The minimum Gasteiger partial charge on any atom is -0.456 e. The molecule has 56 heavy (non-hydrogen) atoms. The van der Waals surface area contributed by atoms with Gasteiger partial charge in [0.15, 0.2) is 0 Å². The van der Waals surface area contributed by atoms with E-state index in [1.807, 2.05) is 12.1 Å². The molecule has 0 radical (unpaired) electrons. The quantitative estimate of drug-likeness (QED) is 0.160. The fraction of sp³-hybridized carbons (Fsp3) is 0. The lowest BCUT2D eigenvalue weighted by Crippen LogP contribution is -2.10. The molecule has 0 amide bonds. The standard InChI is InChI=1S/C54H35NO/c1-3-17-44-36(12-1)14-10-22-45(44)39-15-9-16-43(34-39)55(41-30-26-37(27-31-41)47-23-11-25-53-54(47)50-21-7-8-24-52(50)56-53)42-32-28-38(29-33-42)51-35-40-13-2-4-18-46(40)48-19-5-6-20-49(48)51/h1-35H. The monoisotopic (exact) mass is 713 g/mol. The highest BCUT2D eigenvalue weighted by Crippen LogP contribution is 2.42. The molecule has 0 fully saturated rings. The second kappa shape index (κ2) is 13.2. The summed E-state index contributed by atoms with van der Waals surface area (Å²) in [6.45, 7) is 0. The van der Waals surface area contributed by atoms with Crippen LogP contribution in [0.3, 0.4) is 0 Å². The molecule has 0 N–H and O–H groups in total. The Balaban J connectivity index is 1.05. The highest BCUT2D eigenvalue weighted by molar-refractivity contribution is 6.14. The summed E-state index contributed by atoms with van der Waals surface area (Å²) < 4.78 is 6.24. The van der Waals surface area contributed by atoms with Gasteiger partial charge in [-0.2, -0.15) is 0 Å². The summed E-state index contributed by atoms with van der Waals surface area (Å²) in [6.07, 6.45) is 0. The molecule has 0 spiro atoms. The van der Waals surface area contributed by atoms with E-state index in [1.54, 1.807) is 0 Å². The molecule has 0 aliphatic heterocycles. The van der Waals surface area contributed by atoms with Gasteiger partial charge in [0.2, 0.25) is 0 Å². The molecule has 2 nitrogen and oxygen atoms in total. The molecule has 0 aliphatic carbocycles. The number of hydrogen-bond acceptors (Lipinski definition) is 2. The second-order valence-corrected chi connectivity index (χ2v) is 14.5. The zero-order valence-corrected chi connectivity index (χ0v) is 30.6. The first-order valence-electron chi connectivity index (χ1n) is 19.2. The zero-order chi connectivity index (χ0) is 37.0. The normalized spacial score (nSPS) is 11.6. The maximum Gasteiger partial charge on any atom is 0.136 e. The first kappa shape index (κ1) is 32.0. The summed E-state index contributed by atoms with van der Waals surface area (Å²) in [5.41, 5.74) is 12.2. The van der Waals surface area contributed by atoms with Gasteiger partial charge in [0.1, 0.15) is 11.2 Å². The van der Waals surface area contributed by atoms with Crippen molar-refractivity contribution in [3.63, 3.8) is 0 Å². The van der Waals surface area contributed by atoms with Crippen LogP contribution in [0.25, 0.3) is 87.6 Å². The van der Waals surface area contributed by atoms with Crippen molar-refractivity contribution in [2.75, 3.05) is 4.90 Å². The zero-order valence-electron chi connectivity index (χ0n) is 30.6. The topological polar surface area (TPSA) is 16.4 Å². The first-order valence-corrected chi connectivity index (χ1v) is 19.2. The highest BCUT2D eigenvalue weighted by Gasteiger charge is 2.17. The van der Waals surface area contributed by atoms with Gasteiger partial charge < -0.3 is 9.32 Å². The van der Waals surface area contributed by atoms with Gasteiger partial charge in [-0.05, 0) is 120 Å². The van der Waals surface area contributed by atoms with Crippen LogP contribution in [0, 0.1) is 0 Å². The Morgan fingerprint density at radius 3 is 1.62 bits per heavy atom. The fourth-order valence-electron chi connectivity index (χ4n) is 8.63. The van der Waals surface area contributed by atoms with Crippen LogP contribution < -0.4 is 4.90 Å². The molecule has 10 aromatic carbocycles. The summed E-state index contributed by atoms with van der Waals surface area (Å²) in [4.78, 5) is 2.37. The van der Waals surface area contributed by atoms with Crippen LogP contribution in [0.4, 0.5) is 17.1 Å². The van der Waals surface area contributed by atoms with Crippen LogP contribution >= 0.6 is 0 Å². The van der Waals surface area contributed by atoms with Crippen LogP contribution in [0.5, 0.6) is 0 Å². The summed E-state index contributed by atoms with van der Waals surface area (Å²) in [5.74, 6) is 0. The Labute approximate surface area is 325 Å². The largest absolute Gasteiger partial charge is 0.456 e. The number of para-hydroxylation sites is 1. The van der Waals surface area contributed by atoms with Crippen molar-refractivity contribution in [1.82, 2.24) is 0 Å². The molecule has 0 saturated carbocycles. The molecule has 0 atom stereocenters. The third-order valence-electron chi connectivity index (χ3n) is 11.2. The molecule has 2 heteroatoms. The van der Waals surface area contributed by atoms with E-state index < -0.39 is 0 Å². The molecule has 1 aromatic heterocycles. The van der Waals surface area contributed by atoms with E-state index in [0.29, 0.717) is 0 Å². The number of rotatable bonds is 6. The van der Waals surface area contributed by atoms with E-state index >= 15 is 0 Å². The van der Waals surface area contributed by atoms with Gasteiger partial charge in [-0.3, -0.25) is 0 Å². The average Bonchev–Trinajstić information content (AvgIpc) is 3.66. The summed E-state index contributed by atoms with van der Waals surface area (Å²) in [6, 6.07) is 76.5. The third kappa shape index (κ3) is 5.34. The molecular formula is C54H35NO. The number of anilines is 3. The second-order valence-electron chi connectivity index (χ2n) is 14.5. The Bertz CT molecular complexity index is 3240. The Hall–Kier alpha value is -7.42. The molecule has 11 aromatic rings. The average molecular weight is 714 g/mol. The van der Waals surface area contributed by atoms with Crippen molar-refractivity contribution in [1.29, 1.82) is 0 Å². The molecule has 1 heterocycles.